The summed E-state index contributed by atoms with van der Waals surface area (Å²) in [6, 6.07) is 9.10. The van der Waals surface area contributed by atoms with Crippen LogP contribution in [0.1, 0.15) is 43.0 Å². The molecule has 0 bridgehead atoms. The fraction of sp³-hybridized carbons (Fsp3) is 0.471. The Morgan fingerprint density at radius 2 is 2.05 bits per heavy atom. The fourth-order valence-electron chi connectivity index (χ4n) is 3.49. The number of fused-ring (bicyclic) bond motifs is 1. The van der Waals surface area contributed by atoms with Gasteiger partial charge in [-0.3, -0.25) is 0 Å². The number of rotatable bonds is 3. The Labute approximate surface area is 125 Å². The molecule has 2 aliphatic rings. The zero-order valence-electron chi connectivity index (χ0n) is 12.4. The lowest BCUT2D eigenvalue weighted by Gasteiger charge is -2.18. The predicted molar refractivity (Wildman–Crippen MR) is 82.9 cm³/mol. The zero-order valence-corrected chi connectivity index (χ0v) is 12.4. The zero-order chi connectivity index (χ0) is 14.2. The Hall–Kier alpha value is -1.97. The lowest BCUT2D eigenvalue weighted by Crippen LogP contribution is -2.21. The Balaban J connectivity index is 1.66. The molecule has 0 amide bonds. The molecule has 2 heterocycles. The van der Waals surface area contributed by atoms with Crippen LogP contribution in [-0.4, -0.2) is 22.2 Å². The van der Waals surface area contributed by atoms with Gasteiger partial charge in [0.15, 0.2) is 0 Å². The van der Waals surface area contributed by atoms with Crippen LogP contribution < -0.4 is 10.1 Å². The minimum absolute atomic E-state index is 0.228. The molecule has 1 aliphatic heterocycles. The summed E-state index contributed by atoms with van der Waals surface area (Å²) in [5, 5.41) is 3.63. The van der Waals surface area contributed by atoms with Crippen molar-refractivity contribution in [3.63, 3.8) is 0 Å². The van der Waals surface area contributed by atoms with E-state index >= 15 is 0 Å². The van der Waals surface area contributed by atoms with Crippen molar-refractivity contribution in [1.29, 1.82) is 0 Å². The van der Waals surface area contributed by atoms with Gasteiger partial charge in [-0.05, 0) is 25.8 Å². The number of anilines is 1. The van der Waals surface area contributed by atoms with Crippen LogP contribution in [0.2, 0.25) is 0 Å². The molecule has 4 nitrogen and oxygen atoms in total. The maximum atomic E-state index is 5.82. The first kappa shape index (κ1) is 12.7. The van der Waals surface area contributed by atoms with E-state index in [9.17, 15) is 0 Å². The molecule has 4 rings (SSSR count). The third-order valence-corrected chi connectivity index (χ3v) is 4.55. The summed E-state index contributed by atoms with van der Waals surface area (Å²) >= 11 is 0. The highest BCUT2D eigenvalue weighted by molar-refractivity contribution is 5.43. The second-order valence-corrected chi connectivity index (χ2v) is 6.10. The van der Waals surface area contributed by atoms with Gasteiger partial charge in [0, 0.05) is 17.8 Å². The van der Waals surface area contributed by atoms with Gasteiger partial charge in [-0.25, -0.2) is 4.98 Å². The molecule has 0 saturated heterocycles. The van der Waals surface area contributed by atoms with Gasteiger partial charge >= 0.3 is 0 Å². The number of nitrogens with one attached hydrogen (secondary N) is 1. The van der Waals surface area contributed by atoms with E-state index in [-0.39, 0.29) is 6.04 Å². The minimum atomic E-state index is 0.228. The number of hydrogen-bond donors (Lipinski definition) is 1. The van der Waals surface area contributed by atoms with Crippen LogP contribution in [0.25, 0.3) is 0 Å². The molecule has 0 radical (unpaired) electrons. The van der Waals surface area contributed by atoms with Gasteiger partial charge in [-0.2, -0.15) is 0 Å². The summed E-state index contributed by atoms with van der Waals surface area (Å²) < 4.78 is 8.07. The number of aromatic nitrogens is 2. The van der Waals surface area contributed by atoms with E-state index in [0.29, 0.717) is 12.6 Å². The first-order valence-electron chi connectivity index (χ1n) is 7.85. The SMILES string of the molecule is Cc1cn(C2COc3ccccc32)c(NC2CCCC2)n1. The standard InChI is InChI=1S/C17H21N3O/c1-12-10-20(17(18-12)19-13-6-2-3-7-13)15-11-21-16-9-5-4-8-14(15)16/h4-5,8-10,13,15H,2-3,6-7,11H2,1H3,(H,18,19). The molecule has 21 heavy (non-hydrogen) atoms. The highest BCUT2D eigenvalue weighted by atomic mass is 16.5. The molecule has 1 aromatic heterocycles. The Morgan fingerprint density at radius 3 is 2.90 bits per heavy atom. The summed E-state index contributed by atoms with van der Waals surface area (Å²) in [7, 11) is 0. The van der Waals surface area contributed by atoms with Crippen molar-refractivity contribution in [2.75, 3.05) is 11.9 Å². The van der Waals surface area contributed by atoms with Gasteiger partial charge in [0.2, 0.25) is 5.95 Å². The Kier molecular flexibility index (Phi) is 3.09. The van der Waals surface area contributed by atoms with Gasteiger partial charge < -0.3 is 14.6 Å². The highest BCUT2D eigenvalue weighted by Gasteiger charge is 2.28. The highest BCUT2D eigenvalue weighted by Crippen LogP contribution is 2.36. The molecule has 1 unspecified atom stereocenters. The van der Waals surface area contributed by atoms with Gasteiger partial charge in [0.1, 0.15) is 12.4 Å². The van der Waals surface area contributed by atoms with E-state index in [1.54, 1.807) is 0 Å². The third kappa shape index (κ3) is 2.28. The van der Waals surface area contributed by atoms with Crippen LogP contribution in [0.5, 0.6) is 5.75 Å². The normalized spacial score (nSPS) is 21.3. The second-order valence-electron chi connectivity index (χ2n) is 6.10. The van der Waals surface area contributed by atoms with Crippen molar-refractivity contribution in [1.82, 2.24) is 9.55 Å². The molecule has 4 heteroatoms. The molecule has 1 aromatic carbocycles. The lowest BCUT2D eigenvalue weighted by molar-refractivity contribution is 0.317. The molecule has 1 atom stereocenters. The molecule has 2 aromatic rings. The van der Waals surface area contributed by atoms with Crippen LogP contribution in [0, 0.1) is 6.92 Å². The van der Waals surface area contributed by atoms with Gasteiger partial charge in [0.05, 0.1) is 11.7 Å². The van der Waals surface area contributed by atoms with Crippen molar-refractivity contribution in [2.24, 2.45) is 0 Å². The second kappa shape index (κ2) is 5.10. The monoisotopic (exact) mass is 283 g/mol. The summed E-state index contributed by atoms with van der Waals surface area (Å²) in [5.74, 6) is 1.99. The number of imidazole rings is 1. The maximum absolute atomic E-state index is 5.82. The molecule has 1 aliphatic carbocycles. The van der Waals surface area contributed by atoms with Crippen molar-refractivity contribution in [3.05, 3.63) is 41.7 Å². The van der Waals surface area contributed by atoms with E-state index in [0.717, 1.165) is 17.4 Å². The predicted octanol–water partition coefficient (Wildman–Crippen LogP) is 3.53. The number of hydrogen-bond acceptors (Lipinski definition) is 3. The summed E-state index contributed by atoms with van der Waals surface area (Å²) in [5.41, 5.74) is 2.31. The largest absolute Gasteiger partial charge is 0.491 e. The lowest BCUT2D eigenvalue weighted by atomic mass is 10.1. The minimum Gasteiger partial charge on any atom is -0.491 e. The summed E-state index contributed by atoms with van der Waals surface area (Å²) in [6.45, 7) is 2.74. The van der Waals surface area contributed by atoms with Crippen molar-refractivity contribution in [2.45, 2.75) is 44.7 Å². The van der Waals surface area contributed by atoms with Gasteiger partial charge in [-0.1, -0.05) is 31.0 Å². The van der Waals surface area contributed by atoms with Crippen molar-refractivity contribution in [3.8, 4) is 5.75 Å². The molecule has 1 saturated carbocycles. The molecular weight excluding hydrogens is 262 g/mol. The van der Waals surface area contributed by atoms with Gasteiger partial charge in [0.25, 0.3) is 0 Å². The number of aryl methyl sites for hydroxylation is 1. The number of nitrogens with zero attached hydrogens (tertiary/aromatic N) is 2. The molecule has 1 fully saturated rings. The van der Waals surface area contributed by atoms with E-state index in [4.69, 9.17) is 4.74 Å². The van der Waals surface area contributed by atoms with Crippen molar-refractivity contribution < 1.29 is 4.74 Å². The fourth-order valence-corrected chi connectivity index (χ4v) is 3.49. The Morgan fingerprint density at radius 1 is 1.24 bits per heavy atom. The Bertz CT molecular complexity index is 643. The number of benzene rings is 1. The smallest absolute Gasteiger partial charge is 0.203 e. The maximum Gasteiger partial charge on any atom is 0.203 e. The average molecular weight is 283 g/mol. The van der Waals surface area contributed by atoms with E-state index in [1.165, 1.54) is 31.2 Å². The van der Waals surface area contributed by atoms with Crippen LogP contribution in [0.4, 0.5) is 5.95 Å². The topological polar surface area (TPSA) is 39.1 Å². The van der Waals surface area contributed by atoms with Crippen LogP contribution in [-0.2, 0) is 0 Å². The first-order chi connectivity index (χ1) is 10.3. The van der Waals surface area contributed by atoms with Crippen LogP contribution in [0.3, 0.4) is 0 Å². The molecule has 1 N–H and O–H groups in total. The first-order valence-corrected chi connectivity index (χ1v) is 7.85. The van der Waals surface area contributed by atoms with E-state index in [2.05, 4.69) is 40.1 Å². The van der Waals surface area contributed by atoms with E-state index < -0.39 is 0 Å². The van der Waals surface area contributed by atoms with Crippen LogP contribution >= 0.6 is 0 Å². The molecule has 0 spiro atoms. The quantitative estimate of drug-likeness (QED) is 0.936. The molecular formula is C17H21N3O. The number of ether oxygens (including phenoxy) is 1. The number of para-hydroxylation sites is 1. The summed E-state index contributed by atoms with van der Waals surface area (Å²) in [4.78, 5) is 4.69. The van der Waals surface area contributed by atoms with Crippen molar-refractivity contribution >= 4 is 5.95 Å². The third-order valence-electron chi connectivity index (χ3n) is 4.55. The van der Waals surface area contributed by atoms with Crippen LogP contribution in [0.15, 0.2) is 30.5 Å². The van der Waals surface area contributed by atoms with Gasteiger partial charge in [-0.15, -0.1) is 0 Å². The summed E-state index contributed by atoms with van der Waals surface area (Å²) in [6.07, 6.45) is 7.29. The molecule has 110 valence electrons. The van der Waals surface area contributed by atoms with E-state index in [1.807, 2.05) is 12.1 Å². The average Bonchev–Trinajstić information content (AvgIpc) is 3.19.